The van der Waals surface area contributed by atoms with Crippen molar-refractivity contribution in [3.05, 3.63) is 57.8 Å². The number of carbonyl (C=O) groups is 2. The minimum absolute atomic E-state index is 0.0426. The fourth-order valence-corrected chi connectivity index (χ4v) is 2.03. The van der Waals surface area contributed by atoms with Crippen LogP contribution >= 0.6 is 15.9 Å². The lowest BCUT2D eigenvalue weighted by Gasteiger charge is -2.09. The van der Waals surface area contributed by atoms with Gasteiger partial charge in [-0.15, -0.1) is 0 Å². The van der Waals surface area contributed by atoms with Gasteiger partial charge < -0.3 is 16.2 Å². The van der Waals surface area contributed by atoms with Crippen LogP contribution in [0.25, 0.3) is 0 Å². The third-order valence-corrected chi connectivity index (χ3v) is 3.22. The summed E-state index contributed by atoms with van der Waals surface area (Å²) in [6, 6.07) is 8.01. The van der Waals surface area contributed by atoms with Crippen molar-refractivity contribution in [1.29, 1.82) is 0 Å². The summed E-state index contributed by atoms with van der Waals surface area (Å²) in [5.74, 6) is -2.52. The van der Waals surface area contributed by atoms with Gasteiger partial charge in [-0.05, 0) is 36.4 Å². The van der Waals surface area contributed by atoms with Gasteiger partial charge in [0.05, 0.1) is 16.9 Å². The van der Waals surface area contributed by atoms with E-state index in [0.717, 1.165) is 6.07 Å². The number of carboxylic acid groups (broad SMARTS) is 1. The van der Waals surface area contributed by atoms with Crippen molar-refractivity contribution in [2.45, 2.75) is 0 Å². The zero-order chi connectivity index (χ0) is 15.6. The van der Waals surface area contributed by atoms with Crippen LogP contribution in [0.2, 0.25) is 0 Å². The van der Waals surface area contributed by atoms with Gasteiger partial charge in [0.25, 0.3) is 5.91 Å². The third-order valence-electron chi connectivity index (χ3n) is 2.72. The predicted molar refractivity (Wildman–Crippen MR) is 79.9 cm³/mol. The molecule has 0 spiro atoms. The second-order valence-electron chi connectivity index (χ2n) is 4.19. The standard InChI is InChI=1S/C14H10BrFN2O3/c15-8-2-4-12(9(6-8)14(20)21)18-13(19)7-1-3-11(17)10(16)5-7/h1-6H,17H2,(H,18,19)(H,20,21). The number of rotatable bonds is 3. The van der Waals surface area contributed by atoms with Gasteiger partial charge in [-0.2, -0.15) is 0 Å². The van der Waals surface area contributed by atoms with E-state index >= 15 is 0 Å². The van der Waals surface area contributed by atoms with Gasteiger partial charge >= 0.3 is 5.97 Å². The van der Waals surface area contributed by atoms with Crippen LogP contribution in [-0.4, -0.2) is 17.0 Å². The van der Waals surface area contributed by atoms with Gasteiger partial charge in [0, 0.05) is 10.0 Å². The van der Waals surface area contributed by atoms with Crippen LogP contribution in [0.5, 0.6) is 0 Å². The number of benzene rings is 2. The summed E-state index contributed by atoms with van der Waals surface area (Å²) >= 11 is 3.15. The summed E-state index contributed by atoms with van der Waals surface area (Å²) in [4.78, 5) is 23.2. The number of hydrogen-bond donors (Lipinski definition) is 3. The molecule has 0 fully saturated rings. The third kappa shape index (κ3) is 3.38. The molecule has 5 nitrogen and oxygen atoms in total. The number of carboxylic acids is 1. The topological polar surface area (TPSA) is 92.4 Å². The van der Waals surface area contributed by atoms with Crippen LogP contribution in [0.4, 0.5) is 15.8 Å². The average Bonchev–Trinajstić information content (AvgIpc) is 2.43. The first kappa shape index (κ1) is 15.0. The maximum atomic E-state index is 13.3. The van der Waals surface area contributed by atoms with Crippen LogP contribution in [0, 0.1) is 5.82 Å². The highest BCUT2D eigenvalue weighted by molar-refractivity contribution is 9.10. The van der Waals surface area contributed by atoms with Crippen molar-refractivity contribution in [2.24, 2.45) is 0 Å². The van der Waals surface area contributed by atoms with Crippen molar-refractivity contribution in [3.8, 4) is 0 Å². The maximum absolute atomic E-state index is 13.3. The van der Waals surface area contributed by atoms with Gasteiger partial charge in [0.15, 0.2) is 0 Å². The smallest absolute Gasteiger partial charge is 0.337 e. The van der Waals surface area contributed by atoms with Crippen LogP contribution in [0.1, 0.15) is 20.7 Å². The molecule has 0 aliphatic carbocycles. The Morgan fingerprint density at radius 1 is 1.19 bits per heavy atom. The van der Waals surface area contributed by atoms with E-state index in [1.807, 2.05) is 0 Å². The molecule has 0 saturated heterocycles. The Kier molecular flexibility index (Phi) is 4.23. The fraction of sp³-hybridized carbons (Fsp3) is 0. The number of halogens is 2. The Hall–Kier alpha value is -2.41. The lowest BCUT2D eigenvalue weighted by atomic mass is 10.1. The highest BCUT2D eigenvalue weighted by Crippen LogP contribution is 2.22. The van der Waals surface area contributed by atoms with E-state index in [0.29, 0.717) is 4.47 Å². The van der Waals surface area contributed by atoms with Crippen molar-refractivity contribution in [3.63, 3.8) is 0 Å². The Morgan fingerprint density at radius 3 is 2.52 bits per heavy atom. The van der Waals surface area contributed by atoms with Crippen molar-refractivity contribution in [1.82, 2.24) is 0 Å². The number of carbonyl (C=O) groups excluding carboxylic acids is 1. The number of amides is 1. The molecule has 2 rings (SSSR count). The van der Waals surface area contributed by atoms with E-state index < -0.39 is 17.7 Å². The first-order valence-corrected chi connectivity index (χ1v) is 6.57. The number of nitrogen functional groups attached to an aromatic ring is 1. The van der Waals surface area contributed by atoms with E-state index in [-0.39, 0.29) is 22.5 Å². The van der Waals surface area contributed by atoms with E-state index in [4.69, 9.17) is 10.8 Å². The molecular formula is C14H10BrFN2O3. The minimum Gasteiger partial charge on any atom is -0.478 e. The molecule has 0 saturated carbocycles. The van der Waals surface area contributed by atoms with Gasteiger partial charge in [0.1, 0.15) is 5.82 Å². The molecule has 0 heterocycles. The summed E-state index contributed by atoms with van der Waals surface area (Å²) in [6.07, 6.45) is 0. The summed E-state index contributed by atoms with van der Waals surface area (Å²) in [6.45, 7) is 0. The normalized spacial score (nSPS) is 10.2. The molecule has 0 bridgehead atoms. The second-order valence-corrected chi connectivity index (χ2v) is 5.10. The van der Waals surface area contributed by atoms with E-state index in [9.17, 15) is 14.0 Å². The van der Waals surface area contributed by atoms with Crippen molar-refractivity contribution in [2.75, 3.05) is 11.1 Å². The molecule has 2 aromatic carbocycles. The quantitative estimate of drug-likeness (QED) is 0.740. The predicted octanol–water partition coefficient (Wildman–Crippen LogP) is 3.12. The van der Waals surface area contributed by atoms with E-state index in [1.165, 1.54) is 24.3 Å². The Balaban J connectivity index is 2.31. The van der Waals surface area contributed by atoms with Crippen LogP contribution < -0.4 is 11.1 Å². The SMILES string of the molecule is Nc1ccc(C(=O)Nc2ccc(Br)cc2C(=O)O)cc1F. The molecule has 2 aromatic rings. The zero-order valence-corrected chi connectivity index (χ0v) is 12.1. The van der Waals surface area contributed by atoms with Gasteiger partial charge in [-0.1, -0.05) is 15.9 Å². The fourth-order valence-electron chi connectivity index (χ4n) is 1.67. The molecule has 21 heavy (non-hydrogen) atoms. The highest BCUT2D eigenvalue weighted by atomic mass is 79.9. The van der Waals surface area contributed by atoms with Crippen LogP contribution in [0.15, 0.2) is 40.9 Å². The summed E-state index contributed by atoms with van der Waals surface area (Å²) in [7, 11) is 0. The van der Waals surface area contributed by atoms with E-state index in [1.54, 1.807) is 6.07 Å². The Morgan fingerprint density at radius 2 is 1.90 bits per heavy atom. The maximum Gasteiger partial charge on any atom is 0.337 e. The molecule has 0 atom stereocenters. The molecule has 4 N–H and O–H groups in total. The number of anilines is 2. The largest absolute Gasteiger partial charge is 0.478 e. The van der Waals surface area contributed by atoms with Crippen LogP contribution in [0.3, 0.4) is 0 Å². The molecule has 0 aromatic heterocycles. The van der Waals surface area contributed by atoms with Gasteiger partial charge in [-0.25, -0.2) is 9.18 Å². The van der Waals surface area contributed by atoms with Gasteiger partial charge in [0.2, 0.25) is 0 Å². The molecule has 0 aliphatic heterocycles. The number of nitrogens with one attached hydrogen (secondary N) is 1. The average molecular weight is 353 g/mol. The lowest BCUT2D eigenvalue weighted by molar-refractivity contribution is 0.0698. The number of nitrogens with two attached hydrogens (primary N) is 1. The Bertz CT molecular complexity index is 734. The number of aromatic carboxylic acids is 1. The lowest BCUT2D eigenvalue weighted by Crippen LogP contribution is -2.15. The van der Waals surface area contributed by atoms with E-state index in [2.05, 4.69) is 21.2 Å². The summed E-state index contributed by atoms with van der Waals surface area (Å²) in [5, 5.41) is 11.5. The highest BCUT2D eigenvalue weighted by Gasteiger charge is 2.15. The second kappa shape index (κ2) is 5.92. The molecule has 7 heteroatoms. The van der Waals surface area contributed by atoms with Crippen molar-refractivity contribution >= 4 is 39.2 Å². The first-order valence-electron chi connectivity index (χ1n) is 5.77. The van der Waals surface area contributed by atoms with Gasteiger partial charge in [-0.3, -0.25) is 4.79 Å². The number of hydrogen-bond acceptors (Lipinski definition) is 3. The molecule has 0 unspecified atom stereocenters. The van der Waals surface area contributed by atoms with Crippen LogP contribution in [-0.2, 0) is 0 Å². The molecule has 0 aliphatic rings. The minimum atomic E-state index is -1.19. The molecule has 1 amide bonds. The summed E-state index contributed by atoms with van der Waals surface area (Å²) in [5.41, 5.74) is 5.35. The molecular weight excluding hydrogens is 343 g/mol. The zero-order valence-electron chi connectivity index (χ0n) is 10.6. The summed E-state index contributed by atoms with van der Waals surface area (Å²) < 4.78 is 13.9. The monoisotopic (exact) mass is 352 g/mol. The first-order chi connectivity index (χ1) is 9.88. The molecule has 108 valence electrons. The molecule has 0 radical (unpaired) electrons. The Labute approximate surface area is 127 Å². The van der Waals surface area contributed by atoms with Crippen molar-refractivity contribution < 1.29 is 19.1 Å².